The molecule has 0 saturated heterocycles. The molecule has 5 heteroatoms. The molecule has 0 bridgehead atoms. The number of pyridine rings is 1. The van der Waals surface area contributed by atoms with Crippen molar-refractivity contribution in [1.29, 1.82) is 0 Å². The number of rotatable bonds is 5. The fourth-order valence-electron chi connectivity index (χ4n) is 2.10. The summed E-state index contributed by atoms with van der Waals surface area (Å²) < 4.78 is 10.4. The maximum absolute atomic E-state index is 12.1. The average Bonchev–Trinajstić information content (AvgIpc) is 2.68. The van der Waals surface area contributed by atoms with Crippen LogP contribution < -0.4 is 9.47 Å². The van der Waals surface area contributed by atoms with Crippen LogP contribution in [0.2, 0.25) is 0 Å². The van der Waals surface area contributed by atoms with Gasteiger partial charge < -0.3 is 9.47 Å². The number of hydrogen-bond donors (Lipinski definition) is 0. The van der Waals surface area contributed by atoms with Gasteiger partial charge in [-0.15, -0.1) is 0 Å². The molecule has 0 aliphatic heterocycles. The number of carbonyl (C=O) groups is 1. The van der Waals surface area contributed by atoms with Gasteiger partial charge in [-0.05, 0) is 66.2 Å². The molecule has 0 radical (unpaired) electrons. The van der Waals surface area contributed by atoms with Crippen LogP contribution in [-0.2, 0) is 0 Å². The first-order chi connectivity index (χ1) is 12.2. The number of esters is 1. The topological polar surface area (TPSA) is 60.8 Å². The highest BCUT2D eigenvalue weighted by Crippen LogP contribution is 2.16. The van der Waals surface area contributed by atoms with E-state index in [1.165, 1.54) is 6.20 Å². The van der Waals surface area contributed by atoms with Gasteiger partial charge in [-0.2, -0.15) is 0 Å². The van der Waals surface area contributed by atoms with Crippen molar-refractivity contribution in [2.45, 2.75) is 0 Å². The number of nitrogens with zero attached hydrogens (tertiary/aromatic N) is 2. The zero-order valence-electron chi connectivity index (χ0n) is 13.6. The molecule has 124 valence electrons. The molecule has 25 heavy (non-hydrogen) atoms. The Morgan fingerprint density at radius 1 is 1.00 bits per heavy atom. The highest BCUT2D eigenvalue weighted by atomic mass is 16.5. The Morgan fingerprint density at radius 2 is 1.76 bits per heavy atom. The third kappa shape index (κ3) is 4.51. The van der Waals surface area contributed by atoms with Crippen LogP contribution >= 0.6 is 0 Å². The molecule has 0 unspecified atom stereocenters. The quantitative estimate of drug-likeness (QED) is 0.522. The van der Waals surface area contributed by atoms with E-state index in [9.17, 15) is 4.79 Å². The van der Waals surface area contributed by atoms with Gasteiger partial charge in [0.05, 0.1) is 24.6 Å². The second-order valence-corrected chi connectivity index (χ2v) is 5.16. The minimum atomic E-state index is -0.432. The number of aromatic nitrogens is 1. The molecule has 0 atom stereocenters. The maximum atomic E-state index is 12.1. The first kappa shape index (κ1) is 16.4. The first-order valence-corrected chi connectivity index (χ1v) is 7.65. The largest absolute Gasteiger partial charge is 0.497 e. The van der Waals surface area contributed by atoms with Crippen LogP contribution in [0, 0.1) is 0 Å². The summed E-state index contributed by atoms with van der Waals surface area (Å²) in [5.41, 5.74) is 2.15. The highest BCUT2D eigenvalue weighted by Gasteiger charge is 2.08. The van der Waals surface area contributed by atoms with Crippen molar-refractivity contribution in [2.24, 2.45) is 4.99 Å². The number of carbonyl (C=O) groups excluding carboxylic acids is 1. The van der Waals surface area contributed by atoms with Gasteiger partial charge in [-0.1, -0.05) is 0 Å². The van der Waals surface area contributed by atoms with Crippen LogP contribution in [-0.4, -0.2) is 24.3 Å². The van der Waals surface area contributed by atoms with Crippen molar-refractivity contribution in [1.82, 2.24) is 4.98 Å². The summed E-state index contributed by atoms with van der Waals surface area (Å²) in [6.45, 7) is 0. The molecule has 1 heterocycles. The molecule has 0 fully saturated rings. The summed E-state index contributed by atoms with van der Waals surface area (Å²) in [7, 11) is 1.63. The number of ether oxygens (including phenoxy) is 2. The summed E-state index contributed by atoms with van der Waals surface area (Å²) in [6, 6.07) is 17.9. The second-order valence-electron chi connectivity index (χ2n) is 5.16. The van der Waals surface area contributed by atoms with Crippen LogP contribution in [0.15, 0.2) is 78.0 Å². The number of hydrogen-bond acceptors (Lipinski definition) is 5. The standard InChI is InChI=1S/C20H16N2O3/c1-24-18-10-4-15(5-11-18)13-22-17-8-6-16(7-9-17)20(23)25-19-3-2-12-21-14-19/h2-14H,1H3. The minimum absolute atomic E-state index is 0.411. The number of benzene rings is 2. The smallest absolute Gasteiger partial charge is 0.343 e. The van der Waals surface area contributed by atoms with E-state index in [1.807, 2.05) is 24.3 Å². The van der Waals surface area contributed by atoms with Gasteiger partial charge in [0.2, 0.25) is 0 Å². The Bertz CT molecular complexity index is 858. The van der Waals surface area contributed by atoms with E-state index in [-0.39, 0.29) is 0 Å². The molecule has 0 N–H and O–H groups in total. The molecule has 0 aliphatic rings. The first-order valence-electron chi connectivity index (χ1n) is 7.65. The molecule has 3 rings (SSSR count). The van der Waals surface area contributed by atoms with Gasteiger partial charge in [0.1, 0.15) is 11.5 Å². The highest BCUT2D eigenvalue weighted by molar-refractivity contribution is 5.91. The Kier molecular flexibility index (Phi) is 5.16. The molecule has 0 aliphatic carbocycles. The molecule has 0 saturated carbocycles. The van der Waals surface area contributed by atoms with Crippen LogP contribution in [0.1, 0.15) is 15.9 Å². The van der Waals surface area contributed by atoms with E-state index >= 15 is 0 Å². The van der Waals surface area contributed by atoms with Crippen molar-refractivity contribution in [3.8, 4) is 11.5 Å². The zero-order valence-corrected chi connectivity index (χ0v) is 13.6. The number of methoxy groups -OCH3 is 1. The third-order valence-corrected chi connectivity index (χ3v) is 3.43. The van der Waals surface area contributed by atoms with Gasteiger partial charge in [0.25, 0.3) is 0 Å². The van der Waals surface area contributed by atoms with Gasteiger partial charge in [-0.25, -0.2) is 4.79 Å². The predicted molar refractivity (Wildman–Crippen MR) is 95.9 cm³/mol. The summed E-state index contributed by atoms with van der Waals surface area (Å²) in [5.74, 6) is 0.779. The summed E-state index contributed by atoms with van der Waals surface area (Å²) in [6.07, 6.45) is 4.86. The molecule has 5 nitrogen and oxygen atoms in total. The molecule has 0 amide bonds. The van der Waals surface area contributed by atoms with Crippen molar-refractivity contribution >= 4 is 17.9 Å². The molecule has 0 spiro atoms. The number of aliphatic imine (C=N–C) groups is 1. The van der Waals surface area contributed by atoms with E-state index in [1.54, 1.807) is 55.9 Å². The lowest BCUT2D eigenvalue weighted by Gasteiger charge is -2.03. The third-order valence-electron chi connectivity index (χ3n) is 3.43. The lowest BCUT2D eigenvalue weighted by molar-refractivity contribution is 0.0734. The molecule has 1 aromatic heterocycles. The molecule has 2 aromatic carbocycles. The van der Waals surface area contributed by atoms with E-state index in [4.69, 9.17) is 9.47 Å². The summed E-state index contributed by atoms with van der Waals surface area (Å²) in [4.78, 5) is 20.4. The molecular weight excluding hydrogens is 316 g/mol. The van der Waals surface area contributed by atoms with E-state index in [2.05, 4.69) is 9.98 Å². The summed E-state index contributed by atoms with van der Waals surface area (Å²) >= 11 is 0. The summed E-state index contributed by atoms with van der Waals surface area (Å²) in [5, 5.41) is 0. The van der Waals surface area contributed by atoms with E-state index < -0.39 is 5.97 Å². The van der Waals surface area contributed by atoms with Crippen LogP contribution in [0.25, 0.3) is 0 Å². The monoisotopic (exact) mass is 332 g/mol. The van der Waals surface area contributed by atoms with E-state index in [0.717, 1.165) is 17.0 Å². The van der Waals surface area contributed by atoms with Crippen LogP contribution in [0.3, 0.4) is 0 Å². The van der Waals surface area contributed by atoms with Crippen LogP contribution in [0.4, 0.5) is 5.69 Å². The van der Waals surface area contributed by atoms with Crippen molar-refractivity contribution in [3.63, 3.8) is 0 Å². The van der Waals surface area contributed by atoms with Crippen LogP contribution in [0.5, 0.6) is 11.5 Å². The predicted octanol–water partition coefficient (Wildman–Crippen LogP) is 4.06. The van der Waals surface area contributed by atoms with Gasteiger partial charge in [0.15, 0.2) is 0 Å². The van der Waals surface area contributed by atoms with E-state index in [0.29, 0.717) is 11.3 Å². The SMILES string of the molecule is COc1ccc(C=Nc2ccc(C(=O)Oc3cccnc3)cc2)cc1. The minimum Gasteiger partial charge on any atom is -0.497 e. The Balaban J connectivity index is 1.65. The Hall–Kier alpha value is -3.47. The fourth-order valence-corrected chi connectivity index (χ4v) is 2.10. The fraction of sp³-hybridized carbons (Fsp3) is 0.0500. The van der Waals surface area contributed by atoms with Gasteiger partial charge in [-0.3, -0.25) is 9.98 Å². The zero-order chi connectivity index (χ0) is 17.5. The Labute approximate surface area is 145 Å². The van der Waals surface area contributed by atoms with Crippen molar-refractivity contribution in [2.75, 3.05) is 7.11 Å². The second kappa shape index (κ2) is 7.88. The average molecular weight is 332 g/mol. The van der Waals surface area contributed by atoms with Gasteiger partial charge >= 0.3 is 5.97 Å². The van der Waals surface area contributed by atoms with Crippen molar-refractivity contribution in [3.05, 3.63) is 84.2 Å². The Morgan fingerprint density at radius 3 is 2.40 bits per heavy atom. The lowest BCUT2D eigenvalue weighted by atomic mass is 10.2. The lowest BCUT2D eigenvalue weighted by Crippen LogP contribution is -2.08. The molecule has 3 aromatic rings. The van der Waals surface area contributed by atoms with Gasteiger partial charge in [0, 0.05) is 12.4 Å². The normalized spacial score (nSPS) is 10.6. The molecular formula is C20H16N2O3. The van der Waals surface area contributed by atoms with Crippen molar-refractivity contribution < 1.29 is 14.3 Å². The maximum Gasteiger partial charge on any atom is 0.343 e.